The molecule has 0 fully saturated rings. The summed E-state index contributed by atoms with van der Waals surface area (Å²) in [7, 11) is 0. The quantitative estimate of drug-likeness (QED) is 0.604. The van der Waals surface area contributed by atoms with Crippen LogP contribution in [-0.2, 0) is 0 Å². The molecule has 2 aromatic heterocycles. The van der Waals surface area contributed by atoms with E-state index >= 15 is 0 Å². The van der Waals surface area contributed by atoms with Crippen molar-refractivity contribution in [3.8, 4) is 5.75 Å². The van der Waals surface area contributed by atoms with E-state index in [1.807, 2.05) is 44.2 Å². The number of unbranched alkanes of at least 4 members (excludes halogenated alkanes) is 1. The number of nitrogens with one attached hydrogen (secondary N) is 1. The largest absolute Gasteiger partial charge is 0.494 e. The van der Waals surface area contributed by atoms with Crippen LogP contribution >= 0.6 is 11.3 Å². The van der Waals surface area contributed by atoms with Gasteiger partial charge < -0.3 is 15.8 Å². The summed E-state index contributed by atoms with van der Waals surface area (Å²) in [4.78, 5) is 18.4. The molecular formula is C20H23N3O2S. The predicted octanol–water partition coefficient (Wildman–Crippen LogP) is 4.93. The Labute approximate surface area is 157 Å². The highest BCUT2D eigenvalue weighted by Crippen LogP contribution is 2.35. The van der Waals surface area contributed by atoms with Crippen LogP contribution in [0.4, 0.5) is 11.4 Å². The average molecular weight is 369 g/mol. The maximum absolute atomic E-state index is 12.7. The summed E-state index contributed by atoms with van der Waals surface area (Å²) in [5, 5.41) is 3.76. The normalized spacial score (nSPS) is 10.9. The van der Waals surface area contributed by atoms with E-state index in [2.05, 4.69) is 17.2 Å². The lowest BCUT2D eigenvalue weighted by molar-refractivity contribution is 0.103. The van der Waals surface area contributed by atoms with Crippen LogP contribution in [0, 0.1) is 13.8 Å². The third-order valence-corrected chi connectivity index (χ3v) is 5.21. The third-order valence-electron chi connectivity index (χ3n) is 4.11. The Bertz CT molecular complexity index is 932. The molecule has 136 valence electrons. The van der Waals surface area contributed by atoms with Crippen molar-refractivity contribution in [3.05, 3.63) is 46.5 Å². The van der Waals surface area contributed by atoms with Crippen LogP contribution in [0.5, 0.6) is 5.75 Å². The highest BCUT2D eigenvalue weighted by atomic mass is 32.1. The number of anilines is 2. The number of carbonyl (C=O) groups excluding carboxylic acids is 1. The van der Waals surface area contributed by atoms with E-state index in [0.717, 1.165) is 40.1 Å². The summed E-state index contributed by atoms with van der Waals surface area (Å²) in [6.45, 7) is 6.75. The highest BCUT2D eigenvalue weighted by molar-refractivity contribution is 7.21. The standard InChI is InChI=1S/C20H23N3O2S/c1-4-5-10-25-15-8-6-14(7-9-15)23-19(24)18-17(21)16-12(2)11-13(3)22-20(16)26-18/h6-9,11H,4-5,10,21H2,1-3H3,(H,23,24). The number of nitrogen functional groups attached to an aromatic ring is 1. The lowest BCUT2D eigenvalue weighted by Crippen LogP contribution is -2.12. The molecule has 3 aromatic rings. The number of amides is 1. The van der Waals surface area contributed by atoms with Crippen molar-refractivity contribution in [2.24, 2.45) is 0 Å². The van der Waals surface area contributed by atoms with Gasteiger partial charge in [0.05, 0.1) is 12.3 Å². The van der Waals surface area contributed by atoms with Crippen LogP contribution < -0.4 is 15.8 Å². The maximum atomic E-state index is 12.7. The number of rotatable bonds is 6. The van der Waals surface area contributed by atoms with Crippen LogP contribution in [-0.4, -0.2) is 17.5 Å². The number of nitrogens with two attached hydrogens (primary N) is 1. The topological polar surface area (TPSA) is 77.2 Å². The van der Waals surface area contributed by atoms with Gasteiger partial charge in [-0.3, -0.25) is 4.79 Å². The van der Waals surface area contributed by atoms with Crippen molar-refractivity contribution in [2.45, 2.75) is 33.6 Å². The summed E-state index contributed by atoms with van der Waals surface area (Å²) >= 11 is 1.32. The summed E-state index contributed by atoms with van der Waals surface area (Å²) < 4.78 is 5.64. The van der Waals surface area contributed by atoms with E-state index < -0.39 is 0 Å². The third kappa shape index (κ3) is 3.80. The lowest BCUT2D eigenvalue weighted by atomic mass is 10.1. The number of thiophene rings is 1. The highest BCUT2D eigenvalue weighted by Gasteiger charge is 2.19. The Morgan fingerprint density at radius 2 is 2.00 bits per heavy atom. The van der Waals surface area contributed by atoms with Gasteiger partial charge in [-0.2, -0.15) is 0 Å². The first kappa shape index (κ1) is 18.2. The van der Waals surface area contributed by atoms with Crippen molar-refractivity contribution in [2.75, 3.05) is 17.7 Å². The molecule has 0 saturated heterocycles. The Balaban J connectivity index is 1.77. The van der Waals surface area contributed by atoms with E-state index in [9.17, 15) is 4.79 Å². The molecule has 0 radical (unpaired) electrons. The lowest BCUT2D eigenvalue weighted by Gasteiger charge is -2.08. The van der Waals surface area contributed by atoms with Gasteiger partial charge in [0.25, 0.3) is 5.91 Å². The minimum atomic E-state index is -0.220. The molecule has 3 N–H and O–H groups in total. The Morgan fingerprint density at radius 1 is 1.27 bits per heavy atom. The van der Waals surface area contributed by atoms with Gasteiger partial charge in [0.2, 0.25) is 0 Å². The van der Waals surface area contributed by atoms with Crippen molar-refractivity contribution in [3.63, 3.8) is 0 Å². The molecule has 26 heavy (non-hydrogen) atoms. The van der Waals surface area contributed by atoms with Crippen LogP contribution in [0.15, 0.2) is 30.3 Å². The van der Waals surface area contributed by atoms with Crippen LogP contribution in [0.1, 0.15) is 40.7 Å². The summed E-state index contributed by atoms with van der Waals surface area (Å²) in [5.41, 5.74) is 9.38. The Kier molecular flexibility index (Phi) is 5.42. The van der Waals surface area contributed by atoms with E-state index in [1.165, 1.54) is 11.3 Å². The summed E-state index contributed by atoms with van der Waals surface area (Å²) in [5.74, 6) is 0.579. The number of ether oxygens (including phenoxy) is 1. The predicted molar refractivity (Wildman–Crippen MR) is 108 cm³/mol. The van der Waals surface area contributed by atoms with Crippen LogP contribution in [0.25, 0.3) is 10.2 Å². The van der Waals surface area contributed by atoms with Crippen molar-refractivity contribution >= 4 is 38.8 Å². The molecule has 0 unspecified atom stereocenters. The monoisotopic (exact) mass is 369 g/mol. The average Bonchev–Trinajstić information content (AvgIpc) is 2.93. The molecule has 0 aliphatic carbocycles. The molecule has 5 nitrogen and oxygen atoms in total. The molecule has 0 spiro atoms. The first-order valence-corrected chi connectivity index (χ1v) is 9.51. The number of benzene rings is 1. The van der Waals surface area contributed by atoms with Crippen LogP contribution in [0.2, 0.25) is 0 Å². The minimum Gasteiger partial charge on any atom is -0.494 e. The van der Waals surface area contributed by atoms with Crippen LogP contribution in [0.3, 0.4) is 0 Å². The van der Waals surface area contributed by atoms with E-state index in [-0.39, 0.29) is 5.91 Å². The molecule has 0 atom stereocenters. The Hall–Kier alpha value is -2.60. The van der Waals surface area contributed by atoms with Gasteiger partial charge in [0.15, 0.2) is 0 Å². The van der Waals surface area contributed by atoms with Gasteiger partial charge in [0.1, 0.15) is 15.5 Å². The second-order valence-corrected chi connectivity index (χ2v) is 7.29. The van der Waals surface area contributed by atoms with Gasteiger partial charge in [-0.1, -0.05) is 13.3 Å². The fraction of sp³-hybridized carbons (Fsp3) is 0.300. The number of nitrogens with zero attached hydrogens (tertiary/aromatic N) is 1. The van der Waals surface area contributed by atoms with Crippen molar-refractivity contribution in [1.82, 2.24) is 4.98 Å². The van der Waals surface area contributed by atoms with Gasteiger partial charge in [0, 0.05) is 16.8 Å². The molecule has 0 saturated carbocycles. The SMILES string of the molecule is CCCCOc1ccc(NC(=O)c2sc3nc(C)cc(C)c3c2N)cc1. The second kappa shape index (κ2) is 7.74. The zero-order valence-corrected chi connectivity index (χ0v) is 16.1. The van der Waals surface area contributed by atoms with E-state index in [0.29, 0.717) is 22.9 Å². The first-order valence-electron chi connectivity index (χ1n) is 8.70. The summed E-state index contributed by atoms with van der Waals surface area (Å²) in [6.07, 6.45) is 2.12. The van der Waals surface area contributed by atoms with Gasteiger partial charge in [-0.15, -0.1) is 11.3 Å². The van der Waals surface area contributed by atoms with Crippen molar-refractivity contribution < 1.29 is 9.53 Å². The molecule has 0 aliphatic heterocycles. The minimum absolute atomic E-state index is 0.220. The zero-order valence-electron chi connectivity index (χ0n) is 15.3. The molecule has 2 heterocycles. The van der Waals surface area contributed by atoms with Gasteiger partial charge in [-0.25, -0.2) is 4.98 Å². The number of hydrogen-bond acceptors (Lipinski definition) is 5. The zero-order chi connectivity index (χ0) is 18.7. The van der Waals surface area contributed by atoms with E-state index in [4.69, 9.17) is 10.5 Å². The fourth-order valence-corrected chi connectivity index (χ4v) is 3.91. The first-order chi connectivity index (χ1) is 12.5. The maximum Gasteiger partial charge on any atom is 0.267 e. The molecule has 1 amide bonds. The van der Waals surface area contributed by atoms with Gasteiger partial charge in [-0.05, 0) is 56.2 Å². The fourth-order valence-electron chi connectivity index (χ4n) is 2.79. The number of hydrogen-bond donors (Lipinski definition) is 2. The number of aryl methyl sites for hydroxylation is 2. The molecule has 6 heteroatoms. The van der Waals surface area contributed by atoms with Crippen molar-refractivity contribution in [1.29, 1.82) is 0 Å². The number of pyridine rings is 1. The molecule has 1 aromatic carbocycles. The molecule has 0 aliphatic rings. The molecule has 3 rings (SSSR count). The summed E-state index contributed by atoms with van der Waals surface area (Å²) in [6, 6.07) is 9.35. The number of aromatic nitrogens is 1. The van der Waals surface area contributed by atoms with E-state index in [1.54, 1.807) is 0 Å². The molecular weight excluding hydrogens is 346 g/mol. The number of fused-ring (bicyclic) bond motifs is 1. The number of carbonyl (C=O) groups is 1. The smallest absolute Gasteiger partial charge is 0.267 e. The molecule has 0 bridgehead atoms. The Morgan fingerprint density at radius 3 is 2.69 bits per heavy atom. The second-order valence-electron chi connectivity index (χ2n) is 6.29. The van der Waals surface area contributed by atoms with Gasteiger partial charge >= 0.3 is 0 Å².